The average Bonchev–Trinajstić information content (AvgIpc) is 2.74. The summed E-state index contributed by atoms with van der Waals surface area (Å²) >= 11 is 0. The molecule has 0 unspecified atom stereocenters. The Labute approximate surface area is 132 Å². The van der Waals surface area contributed by atoms with Gasteiger partial charge in [-0.05, 0) is 31.6 Å². The van der Waals surface area contributed by atoms with Crippen LogP contribution in [0.4, 0.5) is 0 Å². The summed E-state index contributed by atoms with van der Waals surface area (Å²) < 4.78 is 1.77. The van der Waals surface area contributed by atoms with Crippen molar-refractivity contribution in [2.24, 2.45) is 18.9 Å². The van der Waals surface area contributed by atoms with Gasteiger partial charge in [0.25, 0.3) is 0 Å². The number of aliphatic hydroxyl groups is 1. The Balaban J connectivity index is 1.67. The minimum Gasteiger partial charge on any atom is -0.393 e. The van der Waals surface area contributed by atoms with Crippen LogP contribution >= 0.6 is 0 Å². The van der Waals surface area contributed by atoms with Crippen LogP contribution in [0.3, 0.4) is 0 Å². The smallest absolute Gasteiger partial charge is 0.223 e. The molecule has 0 saturated heterocycles. The topological polar surface area (TPSA) is 67.2 Å². The van der Waals surface area contributed by atoms with Gasteiger partial charge >= 0.3 is 0 Å². The van der Waals surface area contributed by atoms with E-state index in [-0.39, 0.29) is 24.0 Å². The van der Waals surface area contributed by atoms with Gasteiger partial charge in [-0.15, -0.1) is 0 Å². The summed E-state index contributed by atoms with van der Waals surface area (Å²) in [6.07, 6.45) is 12.0. The largest absolute Gasteiger partial charge is 0.393 e. The molecule has 2 aliphatic carbocycles. The molecule has 1 aromatic heterocycles. The zero-order valence-electron chi connectivity index (χ0n) is 13.4. The summed E-state index contributed by atoms with van der Waals surface area (Å²) in [5.74, 6) is 0.678. The Hall–Kier alpha value is -1.36. The number of amides is 1. The zero-order chi connectivity index (χ0) is 15.5. The van der Waals surface area contributed by atoms with Gasteiger partial charge in [-0.25, -0.2) is 0 Å². The van der Waals surface area contributed by atoms with E-state index in [0.29, 0.717) is 5.92 Å². The fourth-order valence-corrected chi connectivity index (χ4v) is 3.79. The van der Waals surface area contributed by atoms with Crippen LogP contribution in [0, 0.1) is 11.8 Å². The molecule has 5 nitrogen and oxygen atoms in total. The fraction of sp³-hybridized carbons (Fsp3) is 0.765. The summed E-state index contributed by atoms with van der Waals surface area (Å²) in [6, 6.07) is -0.00662. The second-order valence-corrected chi connectivity index (χ2v) is 7.01. The molecule has 1 atom stereocenters. The third kappa shape index (κ3) is 3.51. The minimum absolute atomic E-state index is 0.00662. The van der Waals surface area contributed by atoms with Crippen LogP contribution in [0.15, 0.2) is 12.4 Å². The van der Waals surface area contributed by atoms with E-state index < -0.39 is 0 Å². The first-order valence-corrected chi connectivity index (χ1v) is 8.60. The highest BCUT2D eigenvalue weighted by Crippen LogP contribution is 2.38. The van der Waals surface area contributed by atoms with E-state index in [1.165, 1.54) is 12.8 Å². The quantitative estimate of drug-likeness (QED) is 0.839. The lowest BCUT2D eigenvalue weighted by molar-refractivity contribution is -0.127. The van der Waals surface area contributed by atoms with Gasteiger partial charge in [0, 0.05) is 24.7 Å². The lowest BCUT2D eigenvalue weighted by Gasteiger charge is -2.38. The maximum atomic E-state index is 12.7. The molecule has 1 aromatic rings. The van der Waals surface area contributed by atoms with Crippen molar-refractivity contribution >= 4 is 5.91 Å². The molecule has 0 spiro atoms. The van der Waals surface area contributed by atoms with Crippen LogP contribution < -0.4 is 5.32 Å². The predicted molar refractivity (Wildman–Crippen MR) is 84.0 cm³/mol. The van der Waals surface area contributed by atoms with E-state index in [4.69, 9.17) is 0 Å². The molecule has 0 radical (unpaired) electrons. The van der Waals surface area contributed by atoms with E-state index in [2.05, 4.69) is 10.4 Å². The number of hydrogen-bond acceptors (Lipinski definition) is 3. The Morgan fingerprint density at radius 3 is 2.55 bits per heavy atom. The van der Waals surface area contributed by atoms with Crippen LogP contribution in [0.25, 0.3) is 0 Å². The highest BCUT2D eigenvalue weighted by atomic mass is 16.3. The van der Waals surface area contributed by atoms with Gasteiger partial charge in [-0.3, -0.25) is 9.48 Å². The van der Waals surface area contributed by atoms with E-state index in [0.717, 1.165) is 44.1 Å². The molecule has 2 aliphatic rings. The van der Waals surface area contributed by atoms with Crippen molar-refractivity contribution in [3.63, 3.8) is 0 Å². The van der Waals surface area contributed by atoms with Crippen LogP contribution in [-0.2, 0) is 11.8 Å². The number of nitrogens with one attached hydrogen (secondary N) is 1. The molecular formula is C17H27N3O2. The van der Waals surface area contributed by atoms with Gasteiger partial charge < -0.3 is 10.4 Å². The van der Waals surface area contributed by atoms with Crippen molar-refractivity contribution in [2.75, 3.05) is 0 Å². The number of carbonyl (C=O) groups is 1. The molecule has 122 valence electrons. The molecule has 2 saturated carbocycles. The Bertz CT molecular complexity index is 500. The van der Waals surface area contributed by atoms with Crippen LogP contribution in [-0.4, -0.2) is 26.9 Å². The number of hydrogen-bond donors (Lipinski definition) is 2. The highest BCUT2D eigenvalue weighted by Gasteiger charge is 2.37. The second kappa shape index (κ2) is 6.82. The van der Waals surface area contributed by atoms with Crippen molar-refractivity contribution in [3.8, 4) is 0 Å². The lowest BCUT2D eigenvalue weighted by atomic mass is 9.75. The fourth-order valence-electron chi connectivity index (χ4n) is 3.79. The molecule has 2 fully saturated rings. The number of aliphatic hydroxyl groups excluding tert-OH is 1. The normalized spacial score (nSPS) is 27.7. The van der Waals surface area contributed by atoms with Crippen LogP contribution in [0.2, 0.25) is 0 Å². The third-order valence-corrected chi connectivity index (χ3v) is 5.23. The van der Waals surface area contributed by atoms with Gasteiger partial charge in [-0.1, -0.05) is 25.7 Å². The van der Waals surface area contributed by atoms with Crippen molar-refractivity contribution in [3.05, 3.63) is 18.0 Å². The Kier molecular flexibility index (Phi) is 4.81. The van der Waals surface area contributed by atoms with Crippen molar-refractivity contribution in [2.45, 2.75) is 63.5 Å². The highest BCUT2D eigenvalue weighted by molar-refractivity contribution is 5.79. The number of nitrogens with zero attached hydrogens (tertiary/aromatic N) is 2. The number of rotatable bonds is 4. The first kappa shape index (κ1) is 15.5. The average molecular weight is 305 g/mol. The molecule has 0 aliphatic heterocycles. The zero-order valence-corrected chi connectivity index (χ0v) is 13.4. The lowest BCUT2D eigenvalue weighted by Crippen LogP contribution is -2.43. The van der Waals surface area contributed by atoms with E-state index in [9.17, 15) is 9.90 Å². The standard InChI is InChI=1S/C17H27N3O2/c1-20-11-14(10-18-20)16(13-8-15(21)9-13)19-17(22)12-6-4-2-3-5-7-12/h10-13,15-16,21H,2-9H2,1H3,(H,19,22)/t13?,15?,16-/m0/s1. The molecule has 0 aromatic carbocycles. The van der Waals surface area contributed by atoms with Gasteiger partial charge in [0.05, 0.1) is 18.3 Å². The third-order valence-electron chi connectivity index (χ3n) is 5.23. The predicted octanol–water partition coefficient (Wildman–Crippen LogP) is 2.32. The Morgan fingerprint density at radius 1 is 1.32 bits per heavy atom. The Morgan fingerprint density at radius 2 is 2.00 bits per heavy atom. The summed E-state index contributed by atoms with van der Waals surface area (Å²) in [4.78, 5) is 12.7. The van der Waals surface area contributed by atoms with Gasteiger partial charge in [-0.2, -0.15) is 5.10 Å². The van der Waals surface area contributed by atoms with E-state index >= 15 is 0 Å². The minimum atomic E-state index is -0.209. The summed E-state index contributed by atoms with van der Waals surface area (Å²) in [5, 5.41) is 17.1. The van der Waals surface area contributed by atoms with E-state index in [1.807, 2.05) is 19.4 Å². The monoisotopic (exact) mass is 305 g/mol. The van der Waals surface area contributed by atoms with Crippen LogP contribution in [0.5, 0.6) is 0 Å². The molecule has 2 N–H and O–H groups in total. The molecule has 3 rings (SSSR count). The van der Waals surface area contributed by atoms with E-state index in [1.54, 1.807) is 4.68 Å². The van der Waals surface area contributed by atoms with Gasteiger partial charge in [0.15, 0.2) is 0 Å². The number of carbonyl (C=O) groups excluding carboxylic acids is 1. The first-order valence-electron chi connectivity index (χ1n) is 8.60. The molecule has 5 heteroatoms. The first-order chi connectivity index (χ1) is 10.6. The molecule has 1 amide bonds. The molecule has 0 bridgehead atoms. The SMILES string of the molecule is Cn1cc([C@@H](NC(=O)C2CCCCCC2)C2CC(O)C2)cn1. The van der Waals surface area contributed by atoms with Crippen molar-refractivity contribution < 1.29 is 9.90 Å². The maximum Gasteiger partial charge on any atom is 0.223 e. The maximum absolute atomic E-state index is 12.7. The summed E-state index contributed by atoms with van der Waals surface area (Å²) in [5.41, 5.74) is 1.06. The number of aryl methyl sites for hydroxylation is 1. The van der Waals surface area contributed by atoms with Gasteiger partial charge in [0.2, 0.25) is 5.91 Å². The molecule has 1 heterocycles. The van der Waals surface area contributed by atoms with Gasteiger partial charge in [0.1, 0.15) is 0 Å². The summed E-state index contributed by atoms with van der Waals surface area (Å²) in [6.45, 7) is 0. The summed E-state index contributed by atoms with van der Waals surface area (Å²) in [7, 11) is 1.89. The number of aromatic nitrogens is 2. The van der Waals surface area contributed by atoms with Crippen molar-refractivity contribution in [1.29, 1.82) is 0 Å². The second-order valence-electron chi connectivity index (χ2n) is 7.01. The molecule has 22 heavy (non-hydrogen) atoms. The van der Waals surface area contributed by atoms with Crippen molar-refractivity contribution in [1.82, 2.24) is 15.1 Å². The van der Waals surface area contributed by atoms with Crippen LogP contribution in [0.1, 0.15) is 63.0 Å². The molecular weight excluding hydrogens is 278 g/mol.